The molecule has 0 aromatic carbocycles. The summed E-state index contributed by atoms with van der Waals surface area (Å²) >= 11 is 0. The number of ether oxygens (including phenoxy) is 1. The monoisotopic (exact) mass is 238 g/mol. The number of carboxylic acids is 1. The third kappa shape index (κ3) is 2.64. The Morgan fingerprint density at radius 2 is 2.29 bits per heavy atom. The minimum atomic E-state index is -0.835. The van der Waals surface area contributed by atoms with E-state index < -0.39 is 5.97 Å². The molecule has 1 aromatic rings. The van der Waals surface area contributed by atoms with E-state index in [4.69, 9.17) is 9.84 Å². The van der Waals surface area contributed by atoms with Crippen molar-refractivity contribution in [1.29, 1.82) is 0 Å². The average Bonchev–Trinajstić information content (AvgIpc) is 3.00. The summed E-state index contributed by atoms with van der Waals surface area (Å²) in [7, 11) is 1.47. The van der Waals surface area contributed by atoms with Crippen molar-refractivity contribution in [2.24, 2.45) is 5.41 Å². The first kappa shape index (κ1) is 11.6. The van der Waals surface area contributed by atoms with Gasteiger partial charge in [0.25, 0.3) is 5.56 Å². The third-order valence-electron chi connectivity index (χ3n) is 3.02. The van der Waals surface area contributed by atoms with Crippen LogP contribution in [0.2, 0.25) is 0 Å². The molecule has 0 radical (unpaired) electrons. The van der Waals surface area contributed by atoms with E-state index in [2.05, 4.69) is 5.10 Å². The fraction of sp³-hybridized carbons (Fsp3) is 0.545. The van der Waals surface area contributed by atoms with E-state index in [0.717, 1.165) is 12.8 Å². The number of nitrogens with zero attached hydrogens (tertiary/aromatic N) is 2. The highest BCUT2D eigenvalue weighted by molar-refractivity contribution is 5.68. The normalized spacial score (nSPS) is 16.5. The van der Waals surface area contributed by atoms with E-state index >= 15 is 0 Å². The van der Waals surface area contributed by atoms with Crippen molar-refractivity contribution < 1.29 is 14.6 Å². The molecule has 0 unspecified atom stereocenters. The summed E-state index contributed by atoms with van der Waals surface area (Å²) in [5.41, 5.74) is -0.530. The standard InChI is InChI=1S/C11H14N2O4/c1-17-8-2-3-9(14)13(12-8)7-11(4-5-11)6-10(15)16/h2-3H,4-7H2,1H3,(H,15,16). The minimum absolute atomic E-state index is 0.0817. The summed E-state index contributed by atoms with van der Waals surface area (Å²) in [5, 5.41) is 12.8. The zero-order valence-corrected chi connectivity index (χ0v) is 9.55. The van der Waals surface area contributed by atoms with Crippen LogP contribution in [0.15, 0.2) is 16.9 Å². The molecule has 2 rings (SSSR count). The fourth-order valence-electron chi connectivity index (χ4n) is 1.86. The molecule has 1 heterocycles. The number of carbonyl (C=O) groups is 1. The zero-order valence-electron chi connectivity index (χ0n) is 9.55. The van der Waals surface area contributed by atoms with E-state index in [1.807, 2.05) is 0 Å². The van der Waals surface area contributed by atoms with Gasteiger partial charge in [0.05, 0.1) is 20.1 Å². The quantitative estimate of drug-likeness (QED) is 0.808. The van der Waals surface area contributed by atoms with Crippen LogP contribution in [0, 0.1) is 5.41 Å². The Morgan fingerprint density at radius 3 is 2.82 bits per heavy atom. The van der Waals surface area contributed by atoms with Crippen LogP contribution in [0.4, 0.5) is 0 Å². The molecule has 17 heavy (non-hydrogen) atoms. The lowest BCUT2D eigenvalue weighted by molar-refractivity contribution is -0.138. The molecule has 92 valence electrons. The molecule has 0 atom stereocenters. The molecule has 1 fully saturated rings. The summed E-state index contributed by atoms with van der Waals surface area (Å²) in [6, 6.07) is 2.87. The number of carboxylic acid groups (broad SMARTS) is 1. The molecule has 0 bridgehead atoms. The van der Waals surface area contributed by atoms with Crippen molar-refractivity contribution in [2.45, 2.75) is 25.8 Å². The van der Waals surface area contributed by atoms with Gasteiger partial charge in [-0.3, -0.25) is 9.59 Å². The van der Waals surface area contributed by atoms with E-state index in [-0.39, 0.29) is 17.4 Å². The van der Waals surface area contributed by atoms with Gasteiger partial charge in [-0.05, 0) is 12.8 Å². The highest BCUT2D eigenvalue weighted by atomic mass is 16.5. The Kier molecular flexibility index (Phi) is 2.87. The Labute approximate surface area is 97.8 Å². The molecule has 0 amide bonds. The van der Waals surface area contributed by atoms with E-state index in [1.165, 1.54) is 23.9 Å². The average molecular weight is 238 g/mol. The molecule has 0 saturated heterocycles. The predicted octanol–water partition coefficient (Wildman–Crippen LogP) is 0.507. The van der Waals surface area contributed by atoms with E-state index in [1.54, 1.807) is 0 Å². The van der Waals surface area contributed by atoms with E-state index in [0.29, 0.717) is 12.4 Å². The van der Waals surface area contributed by atoms with Crippen molar-refractivity contribution in [3.05, 3.63) is 22.5 Å². The number of methoxy groups -OCH3 is 1. The van der Waals surface area contributed by atoms with Crippen LogP contribution in [0.3, 0.4) is 0 Å². The van der Waals surface area contributed by atoms with Gasteiger partial charge in [0, 0.05) is 17.5 Å². The summed E-state index contributed by atoms with van der Waals surface area (Å²) in [5.74, 6) is -0.478. The van der Waals surface area contributed by atoms with Crippen molar-refractivity contribution in [2.75, 3.05) is 7.11 Å². The first-order chi connectivity index (χ1) is 8.04. The van der Waals surface area contributed by atoms with Gasteiger partial charge in [0.15, 0.2) is 0 Å². The van der Waals surface area contributed by atoms with Crippen LogP contribution < -0.4 is 10.3 Å². The Balaban J connectivity index is 2.18. The summed E-state index contributed by atoms with van der Waals surface area (Å²) in [6.07, 6.45) is 1.73. The van der Waals surface area contributed by atoms with Crippen molar-refractivity contribution >= 4 is 5.97 Å². The van der Waals surface area contributed by atoms with Crippen molar-refractivity contribution in [1.82, 2.24) is 9.78 Å². The maximum atomic E-state index is 11.6. The van der Waals surface area contributed by atoms with E-state index in [9.17, 15) is 9.59 Å². The Morgan fingerprint density at radius 1 is 1.59 bits per heavy atom. The van der Waals surface area contributed by atoms with Gasteiger partial charge in [-0.15, -0.1) is 5.10 Å². The summed E-state index contributed by atoms with van der Waals surface area (Å²) in [4.78, 5) is 22.3. The lowest BCUT2D eigenvalue weighted by Gasteiger charge is -2.13. The molecule has 6 nitrogen and oxygen atoms in total. The lowest BCUT2D eigenvalue weighted by Crippen LogP contribution is -2.27. The van der Waals surface area contributed by atoms with Gasteiger partial charge in [-0.25, -0.2) is 4.68 Å². The number of rotatable bonds is 5. The maximum Gasteiger partial charge on any atom is 0.303 e. The van der Waals surface area contributed by atoms with Crippen LogP contribution in [-0.2, 0) is 11.3 Å². The van der Waals surface area contributed by atoms with Gasteiger partial charge in [0.2, 0.25) is 5.88 Å². The first-order valence-corrected chi connectivity index (χ1v) is 5.39. The minimum Gasteiger partial charge on any atom is -0.481 e. The van der Waals surface area contributed by atoms with Gasteiger partial charge >= 0.3 is 5.97 Å². The second kappa shape index (κ2) is 4.20. The Bertz CT molecular complexity index is 490. The second-order valence-electron chi connectivity index (χ2n) is 4.44. The number of hydrogen-bond donors (Lipinski definition) is 1. The van der Waals surface area contributed by atoms with Crippen LogP contribution in [0.5, 0.6) is 5.88 Å². The summed E-state index contributed by atoms with van der Waals surface area (Å²) in [6.45, 7) is 0.343. The highest BCUT2D eigenvalue weighted by Crippen LogP contribution is 2.49. The maximum absolute atomic E-state index is 11.6. The molecule has 1 saturated carbocycles. The van der Waals surface area contributed by atoms with Crippen LogP contribution in [0.1, 0.15) is 19.3 Å². The molecule has 1 aliphatic carbocycles. The highest BCUT2D eigenvalue weighted by Gasteiger charge is 2.45. The zero-order chi connectivity index (χ0) is 12.5. The second-order valence-corrected chi connectivity index (χ2v) is 4.44. The summed E-state index contributed by atoms with van der Waals surface area (Å²) < 4.78 is 6.23. The van der Waals surface area contributed by atoms with Crippen molar-refractivity contribution in [3.63, 3.8) is 0 Å². The van der Waals surface area contributed by atoms with Crippen LogP contribution >= 0.6 is 0 Å². The Hall–Kier alpha value is -1.85. The molecular weight excluding hydrogens is 224 g/mol. The number of hydrogen-bond acceptors (Lipinski definition) is 4. The lowest BCUT2D eigenvalue weighted by atomic mass is 10.0. The molecule has 0 spiro atoms. The SMILES string of the molecule is COc1ccc(=O)n(CC2(CC(=O)O)CC2)n1. The number of aromatic nitrogens is 2. The topological polar surface area (TPSA) is 81.4 Å². The van der Waals surface area contributed by atoms with Gasteiger partial charge in [0.1, 0.15) is 0 Å². The van der Waals surface area contributed by atoms with Crippen LogP contribution in [-0.4, -0.2) is 28.0 Å². The number of aliphatic carboxylic acids is 1. The first-order valence-electron chi connectivity index (χ1n) is 5.39. The predicted molar refractivity (Wildman–Crippen MR) is 59.0 cm³/mol. The van der Waals surface area contributed by atoms with Gasteiger partial charge < -0.3 is 9.84 Å². The van der Waals surface area contributed by atoms with Crippen LogP contribution in [0.25, 0.3) is 0 Å². The molecular formula is C11H14N2O4. The van der Waals surface area contributed by atoms with Gasteiger partial charge in [-0.1, -0.05) is 0 Å². The molecule has 1 aromatic heterocycles. The molecule has 6 heteroatoms. The fourth-order valence-corrected chi connectivity index (χ4v) is 1.86. The van der Waals surface area contributed by atoms with Gasteiger partial charge in [-0.2, -0.15) is 0 Å². The smallest absolute Gasteiger partial charge is 0.303 e. The third-order valence-corrected chi connectivity index (χ3v) is 3.02. The largest absolute Gasteiger partial charge is 0.481 e. The van der Waals surface area contributed by atoms with Crippen molar-refractivity contribution in [3.8, 4) is 5.88 Å². The molecule has 1 aliphatic rings. The molecule has 1 N–H and O–H groups in total. The molecule has 0 aliphatic heterocycles.